The maximum absolute atomic E-state index is 14.7. The van der Waals surface area contributed by atoms with Gasteiger partial charge in [-0.15, -0.1) is 0 Å². The van der Waals surface area contributed by atoms with Gasteiger partial charge < -0.3 is 19.5 Å². The molecule has 0 aliphatic heterocycles. The lowest BCUT2D eigenvalue weighted by atomic mass is 9.84. The number of hydrogen-bond donors (Lipinski definition) is 2. The first-order valence-electron chi connectivity index (χ1n) is 10.4. The third-order valence-electron chi connectivity index (χ3n) is 5.73. The number of phenols is 1. The number of carboxylic acid groups (broad SMARTS) is 1. The van der Waals surface area contributed by atoms with Crippen LogP contribution in [0, 0.1) is 17.5 Å². The van der Waals surface area contributed by atoms with Crippen LogP contribution in [0.15, 0.2) is 54.6 Å². The van der Waals surface area contributed by atoms with Crippen LogP contribution in [0.2, 0.25) is 0 Å². The molecule has 0 radical (unpaired) electrons. The Hall–Kier alpha value is -3.78. The Kier molecular flexibility index (Phi) is 5.87. The van der Waals surface area contributed by atoms with Gasteiger partial charge in [0.2, 0.25) is 0 Å². The average molecular weight is 469 g/mol. The van der Waals surface area contributed by atoms with Gasteiger partial charge in [-0.2, -0.15) is 0 Å². The summed E-state index contributed by atoms with van der Waals surface area (Å²) >= 11 is 0. The van der Waals surface area contributed by atoms with Crippen molar-refractivity contribution in [1.82, 2.24) is 4.57 Å². The number of halogens is 3. The Labute approximate surface area is 193 Å². The zero-order chi connectivity index (χ0) is 24.8. The molecule has 0 aliphatic carbocycles. The number of ether oxygens (including phenoxy) is 1. The molecule has 0 spiro atoms. The number of nitrogens with zero attached hydrogens (tertiary/aromatic N) is 1. The molecule has 34 heavy (non-hydrogen) atoms. The fourth-order valence-corrected chi connectivity index (χ4v) is 4.42. The van der Waals surface area contributed by atoms with E-state index in [0.29, 0.717) is 16.9 Å². The summed E-state index contributed by atoms with van der Waals surface area (Å²) in [5, 5.41) is 20.3. The lowest BCUT2D eigenvalue weighted by molar-refractivity contribution is 0.0692. The number of fused-ring (bicyclic) bond motifs is 1. The Bertz CT molecular complexity index is 1410. The maximum Gasteiger partial charge on any atom is 0.338 e. The topological polar surface area (TPSA) is 71.7 Å². The van der Waals surface area contributed by atoms with Crippen molar-refractivity contribution in [3.05, 3.63) is 83.3 Å². The summed E-state index contributed by atoms with van der Waals surface area (Å²) in [6.45, 7) is 3.93. The molecule has 0 saturated heterocycles. The Morgan fingerprint density at radius 1 is 1.00 bits per heavy atom. The SMILES string of the molecule is COCC(C)(C)c1c(-c2ccc(C(=O)O)c(F)c2)c2c(O)cc(F)cc2n1-c1ccc(F)cc1. The lowest BCUT2D eigenvalue weighted by Gasteiger charge is -2.28. The van der Waals surface area contributed by atoms with Crippen LogP contribution < -0.4 is 0 Å². The number of carbonyl (C=O) groups is 1. The molecule has 0 unspecified atom stereocenters. The number of aromatic carboxylic acids is 1. The van der Waals surface area contributed by atoms with E-state index in [0.717, 1.165) is 18.2 Å². The van der Waals surface area contributed by atoms with Crippen LogP contribution in [0.4, 0.5) is 13.2 Å². The van der Waals surface area contributed by atoms with E-state index in [4.69, 9.17) is 4.74 Å². The predicted molar refractivity (Wildman–Crippen MR) is 122 cm³/mol. The van der Waals surface area contributed by atoms with Gasteiger partial charge in [-0.3, -0.25) is 0 Å². The van der Waals surface area contributed by atoms with E-state index >= 15 is 0 Å². The maximum atomic E-state index is 14.7. The molecule has 4 rings (SSSR count). The van der Waals surface area contributed by atoms with E-state index in [9.17, 15) is 28.2 Å². The molecule has 0 aliphatic rings. The van der Waals surface area contributed by atoms with Crippen molar-refractivity contribution in [2.45, 2.75) is 19.3 Å². The summed E-state index contributed by atoms with van der Waals surface area (Å²) in [7, 11) is 1.52. The van der Waals surface area contributed by atoms with Gasteiger partial charge >= 0.3 is 5.97 Å². The van der Waals surface area contributed by atoms with E-state index in [1.165, 1.54) is 43.5 Å². The lowest BCUT2D eigenvalue weighted by Crippen LogP contribution is -2.27. The molecule has 3 aromatic carbocycles. The highest BCUT2D eigenvalue weighted by atomic mass is 19.1. The van der Waals surface area contributed by atoms with Gasteiger partial charge in [-0.1, -0.05) is 19.9 Å². The fourth-order valence-electron chi connectivity index (χ4n) is 4.42. The standard InChI is InChI=1S/C26H22F3NO4/c1-26(2,13-34-3)24-22(14-4-9-18(25(32)33)19(29)10-14)23-20(11-16(28)12-21(23)31)30(24)17-7-5-15(27)6-8-17/h4-12,31H,13H2,1-3H3,(H,32,33). The summed E-state index contributed by atoms with van der Waals surface area (Å²) in [4.78, 5) is 11.3. The van der Waals surface area contributed by atoms with Gasteiger partial charge in [0, 0.05) is 35.5 Å². The normalized spacial score (nSPS) is 11.8. The second-order valence-corrected chi connectivity index (χ2v) is 8.67. The number of phenolic OH excluding ortho intramolecular Hbond substituents is 1. The zero-order valence-electron chi connectivity index (χ0n) is 18.7. The second-order valence-electron chi connectivity index (χ2n) is 8.67. The molecule has 5 nitrogen and oxygen atoms in total. The van der Waals surface area contributed by atoms with Crippen molar-refractivity contribution >= 4 is 16.9 Å². The van der Waals surface area contributed by atoms with Gasteiger partial charge in [0.25, 0.3) is 0 Å². The molecular weight excluding hydrogens is 447 g/mol. The molecule has 0 fully saturated rings. The largest absolute Gasteiger partial charge is 0.507 e. The molecule has 0 saturated carbocycles. The third kappa shape index (κ3) is 3.90. The molecule has 2 N–H and O–H groups in total. The van der Waals surface area contributed by atoms with Gasteiger partial charge in [-0.25, -0.2) is 18.0 Å². The first-order chi connectivity index (χ1) is 16.0. The van der Waals surface area contributed by atoms with Crippen LogP contribution in [0.1, 0.15) is 29.9 Å². The van der Waals surface area contributed by atoms with Crippen LogP contribution in [0.5, 0.6) is 5.75 Å². The smallest absolute Gasteiger partial charge is 0.338 e. The highest BCUT2D eigenvalue weighted by Crippen LogP contribution is 2.46. The molecule has 0 bridgehead atoms. The van der Waals surface area contributed by atoms with Crippen LogP contribution >= 0.6 is 0 Å². The van der Waals surface area contributed by atoms with E-state index in [-0.39, 0.29) is 28.8 Å². The van der Waals surface area contributed by atoms with E-state index in [2.05, 4.69) is 0 Å². The highest BCUT2D eigenvalue weighted by molar-refractivity contribution is 6.04. The Balaban J connectivity index is 2.20. The molecule has 0 atom stereocenters. The quantitative estimate of drug-likeness (QED) is 0.361. The van der Waals surface area contributed by atoms with E-state index in [1.54, 1.807) is 4.57 Å². The number of aromatic hydroxyl groups is 1. The minimum Gasteiger partial charge on any atom is -0.507 e. The third-order valence-corrected chi connectivity index (χ3v) is 5.73. The van der Waals surface area contributed by atoms with Gasteiger partial charge in [-0.05, 0) is 48.0 Å². The predicted octanol–water partition coefficient (Wildman–Crippen LogP) is 6.04. The molecular formula is C26H22F3NO4. The number of hydrogen-bond acceptors (Lipinski definition) is 3. The van der Waals surface area contributed by atoms with Crippen LogP contribution in [0.25, 0.3) is 27.7 Å². The fraction of sp³-hybridized carbons (Fsp3) is 0.192. The molecule has 8 heteroatoms. The average Bonchev–Trinajstić information content (AvgIpc) is 3.10. The molecule has 0 amide bonds. The Morgan fingerprint density at radius 2 is 1.68 bits per heavy atom. The van der Waals surface area contributed by atoms with Gasteiger partial charge in [0.15, 0.2) is 0 Å². The summed E-state index contributed by atoms with van der Waals surface area (Å²) in [6.07, 6.45) is 0. The molecule has 1 heterocycles. The van der Waals surface area contributed by atoms with Gasteiger partial charge in [0.05, 0.1) is 23.1 Å². The van der Waals surface area contributed by atoms with Crippen LogP contribution in [-0.2, 0) is 10.2 Å². The number of methoxy groups -OCH3 is 1. The summed E-state index contributed by atoms with van der Waals surface area (Å²) in [6, 6.07) is 11.4. The summed E-state index contributed by atoms with van der Waals surface area (Å²) in [5.74, 6) is -3.89. The number of rotatable bonds is 6. The molecule has 1 aromatic heterocycles. The minimum absolute atomic E-state index is 0.205. The molecule has 176 valence electrons. The van der Waals surface area contributed by atoms with Crippen molar-refractivity contribution in [1.29, 1.82) is 0 Å². The molecule has 4 aromatic rings. The van der Waals surface area contributed by atoms with Gasteiger partial charge in [0.1, 0.15) is 23.2 Å². The minimum atomic E-state index is -1.41. The van der Waals surface area contributed by atoms with Crippen LogP contribution in [-0.4, -0.2) is 34.5 Å². The second kappa shape index (κ2) is 8.53. The first kappa shape index (κ1) is 23.4. The van der Waals surface area contributed by atoms with E-state index < -0.39 is 34.4 Å². The first-order valence-corrected chi connectivity index (χ1v) is 10.4. The van der Waals surface area contributed by atoms with Crippen molar-refractivity contribution in [3.8, 4) is 22.6 Å². The Morgan fingerprint density at radius 3 is 2.26 bits per heavy atom. The van der Waals surface area contributed by atoms with E-state index in [1.807, 2.05) is 13.8 Å². The number of benzene rings is 3. The van der Waals surface area contributed by atoms with Crippen LogP contribution in [0.3, 0.4) is 0 Å². The van der Waals surface area contributed by atoms with Crippen molar-refractivity contribution < 1.29 is 32.9 Å². The summed E-state index contributed by atoms with van der Waals surface area (Å²) < 4.78 is 50.0. The van der Waals surface area contributed by atoms with Crippen molar-refractivity contribution in [2.24, 2.45) is 0 Å². The number of aromatic nitrogens is 1. The van der Waals surface area contributed by atoms with Crippen molar-refractivity contribution in [2.75, 3.05) is 13.7 Å². The van der Waals surface area contributed by atoms with Crippen molar-refractivity contribution in [3.63, 3.8) is 0 Å². The summed E-state index contributed by atoms with van der Waals surface area (Å²) in [5.41, 5.74) is 0.718. The highest BCUT2D eigenvalue weighted by Gasteiger charge is 2.33. The number of carboxylic acids is 1. The zero-order valence-corrected chi connectivity index (χ0v) is 18.7. The monoisotopic (exact) mass is 469 g/mol.